The number of β-amino-alcohol motifs (C(OH)–C–C–N with tert-alkyl or cyclic N) is 1. The summed E-state index contributed by atoms with van der Waals surface area (Å²) in [6.45, 7) is 8.38. The zero-order valence-electron chi connectivity index (χ0n) is 15.5. The number of aromatic nitrogens is 1. The molecule has 3 rings (SSSR count). The molecule has 7 nitrogen and oxygen atoms in total. The zero-order valence-corrected chi connectivity index (χ0v) is 15.5. The SMILES string of the molecule is CCn1ccc2ccc(NC(=O)NCC(C)(O)CN3CCOCC3)cc21. The van der Waals surface area contributed by atoms with Crippen LogP contribution in [0.4, 0.5) is 10.5 Å². The van der Waals surface area contributed by atoms with Crippen molar-refractivity contribution < 1.29 is 14.6 Å². The van der Waals surface area contributed by atoms with Gasteiger partial charge in [-0.15, -0.1) is 0 Å². The molecule has 1 aliphatic rings. The normalized spacial score (nSPS) is 17.8. The first-order chi connectivity index (χ1) is 12.5. The molecule has 1 saturated heterocycles. The summed E-state index contributed by atoms with van der Waals surface area (Å²) in [5, 5.41) is 17.3. The predicted octanol–water partition coefficient (Wildman–Crippen LogP) is 1.87. The number of fused-ring (bicyclic) bond motifs is 1. The van der Waals surface area contributed by atoms with Crippen LogP contribution in [0, 0.1) is 0 Å². The number of amides is 2. The van der Waals surface area contributed by atoms with Crippen LogP contribution < -0.4 is 10.6 Å². The number of carbonyl (C=O) groups is 1. The fourth-order valence-corrected chi connectivity index (χ4v) is 3.28. The van der Waals surface area contributed by atoms with E-state index in [9.17, 15) is 9.90 Å². The van der Waals surface area contributed by atoms with Crippen LogP contribution in [-0.2, 0) is 11.3 Å². The molecule has 0 radical (unpaired) electrons. The molecule has 0 bridgehead atoms. The fraction of sp³-hybridized carbons (Fsp3) is 0.526. The number of ether oxygens (including phenoxy) is 1. The van der Waals surface area contributed by atoms with E-state index >= 15 is 0 Å². The van der Waals surface area contributed by atoms with Crippen LogP contribution in [0.25, 0.3) is 10.9 Å². The first-order valence-corrected chi connectivity index (χ1v) is 9.13. The van der Waals surface area contributed by atoms with E-state index in [2.05, 4.69) is 33.1 Å². The number of nitrogens with zero attached hydrogens (tertiary/aromatic N) is 2. The average molecular weight is 360 g/mol. The lowest BCUT2D eigenvalue weighted by Crippen LogP contribution is -2.51. The third-order valence-electron chi connectivity index (χ3n) is 4.67. The van der Waals surface area contributed by atoms with Crippen LogP contribution in [0.3, 0.4) is 0 Å². The Balaban J connectivity index is 1.53. The minimum absolute atomic E-state index is 0.184. The van der Waals surface area contributed by atoms with Gasteiger partial charge in [0, 0.05) is 44.6 Å². The van der Waals surface area contributed by atoms with E-state index in [0.29, 0.717) is 19.8 Å². The Kier molecular flexibility index (Phi) is 5.80. The van der Waals surface area contributed by atoms with Crippen LogP contribution in [0.1, 0.15) is 13.8 Å². The molecule has 1 fully saturated rings. The number of anilines is 1. The van der Waals surface area contributed by atoms with Gasteiger partial charge in [0.2, 0.25) is 0 Å². The van der Waals surface area contributed by atoms with E-state index < -0.39 is 5.60 Å². The van der Waals surface area contributed by atoms with Gasteiger partial charge in [-0.05, 0) is 37.4 Å². The molecule has 2 heterocycles. The maximum absolute atomic E-state index is 12.2. The van der Waals surface area contributed by atoms with E-state index in [1.165, 1.54) is 0 Å². The number of morpholine rings is 1. The quantitative estimate of drug-likeness (QED) is 0.735. The van der Waals surface area contributed by atoms with Gasteiger partial charge in [-0.2, -0.15) is 0 Å². The van der Waals surface area contributed by atoms with Crippen molar-refractivity contribution in [2.24, 2.45) is 0 Å². The molecule has 26 heavy (non-hydrogen) atoms. The number of nitrogens with one attached hydrogen (secondary N) is 2. The summed E-state index contributed by atoms with van der Waals surface area (Å²) in [7, 11) is 0. The van der Waals surface area contributed by atoms with Crippen LogP contribution >= 0.6 is 0 Å². The van der Waals surface area contributed by atoms with E-state index in [1.807, 2.05) is 24.4 Å². The van der Waals surface area contributed by atoms with E-state index in [4.69, 9.17) is 4.74 Å². The number of hydrogen-bond donors (Lipinski definition) is 3. The molecule has 1 unspecified atom stereocenters. The highest BCUT2D eigenvalue weighted by atomic mass is 16.5. The summed E-state index contributed by atoms with van der Waals surface area (Å²) in [5.74, 6) is 0. The lowest BCUT2D eigenvalue weighted by Gasteiger charge is -2.33. The van der Waals surface area contributed by atoms with Crippen LogP contribution in [0.5, 0.6) is 0 Å². The van der Waals surface area contributed by atoms with E-state index in [0.717, 1.165) is 36.2 Å². The van der Waals surface area contributed by atoms with Crippen molar-refractivity contribution in [2.75, 3.05) is 44.7 Å². The standard InChI is InChI=1S/C19H28N4O3/c1-3-23-7-6-15-4-5-16(12-17(15)23)21-18(24)20-13-19(2,25)14-22-8-10-26-11-9-22/h4-7,12,25H,3,8-11,13-14H2,1-2H3,(H2,20,21,24). The summed E-state index contributed by atoms with van der Waals surface area (Å²) in [6, 6.07) is 7.58. The molecular weight excluding hydrogens is 332 g/mol. The molecule has 2 aromatic rings. The molecule has 0 saturated carbocycles. The van der Waals surface area contributed by atoms with E-state index in [1.54, 1.807) is 6.92 Å². The van der Waals surface area contributed by atoms with Gasteiger partial charge in [0.1, 0.15) is 0 Å². The van der Waals surface area contributed by atoms with Crippen LogP contribution in [-0.4, -0.2) is 65.6 Å². The van der Waals surface area contributed by atoms with Gasteiger partial charge in [0.05, 0.1) is 24.3 Å². The van der Waals surface area contributed by atoms with Crippen LogP contribution in [0.2, 0.25) is 0 Å². The Morgan fingerprint density at radius 3 is 2.81 bits per heavy atom. The monoisotopic (exact) mass is 360 g/mol. The molecule has 2 amide bonds. The second-order valence-corrected chi connectivity index (χ2v) is 7.07. The van der Waals surface area contributed by atoms with Gasteiger partial charge in [0.25, 0.3) is 0 Å². The summed E-state index contributed by atoms with van der Waals surface area (Å²) in [5.41, 5.74) is 0.830. The summed E-state index contributed by atoms with van der Waals surface area (Å²) in [4.78, 5) is 14.4. The van der Waals surface area contributed by atoms with Gasteiger partial charge in [-0.3, -0.25) is 4.90 Å². The van der Waals surface area contributed by atoms with Crippen molar-refractivity contribution in [3.05, 3.63) is 30.5 Å². The van der Waals surface area contributed by atoms with Crippen molar-refractivity contribution in [1.82, 2.24) is 14.8 Å². The fourth-order valence-electron chi connectivity index (χ4n) is 3.28. The average Bonchev–Trinajstić information content (AvgIpc) is 3.03. The minimum Gasteiger partial charge on any atom is -0.387 e. The molecule has 1 atom stereocenters. The molecule has 7 heteroatoms. The number of hydrogen-bond acceptors (Lipinski definition) is 4. The topological polar surface area (TPSA) is 78.8 Å². The van der Waals surface area contributed by atoms with Gasteiger partial charge in [-0.1, -0.05) is 6.07 Å². The molecule has 0 aliphatic carbocycles. The molecule has 0 spiro atoms. The Hall–Kier alpha value is -2.09. The number of carbonyl (C=O) groups excluding carboxylic acids is 1. The van der Waals surface area contributed by atoms with Crippen molar-refractivity contribution >= 4 is 22.6 Å². The largest absolute Gasteiger partial charge is 0.387 e. The molecular formula is C19H28N4O3. The van der Waals surface area contributed by atoms with Gasteiger partial charge in [0.15, 0.2) is 0 Å². The summed E-state index contributed by atoms with van der Waals surface area (Å²) >= 11 is 0. The Labute approximate surface area is 153 Å². The van der Waals surface area contributed by atoms with Crippen LogP contribution in [0.15, 0.2) is 30.5 Å². The van der Waals surface area contributed by atoms with Crippen molar-refractivity contribution in [2.45, 2.75) is 26.0 Å². The lowest BCUT2D eigenvalue weighted by atomic mass is 10.1. The highest BCUT2D eigenvalue weighted by molar-refractivity contribution is 5.92. The minimum atomic E-state index is -0.991. The predicted molar refractivity (Wildman–Crippen MR) is 103 cm³/mol. The maximum Gasteiger partial charge on any atom is 0.319 e. The Morgan fingerprint density at radius 2 is 2.08 bits per heavy atom. The number of urea groups is 1. The Morgan fingerprint density at radius 1 is 1.31 bits per heavy atom. The summed E-state index contributed by atoms with van der Waals surface area (Å²) < 4.78 is 7.45. The van der Waals surface area contributed by atoms with Gasteiger partial charge in [-0.25, -0.2) is 4.79 Å². The van der Waals surface area contributed by atoms with E-state index in [-0.39, 0.29) is 12.6 Å². The maximum atomic E-state index is 12.2. The Bertz CT molecular complexity index is 750. The number of benzene rings is 1. The van der Waals surface area contributed by atoms with Crippen molar-refractivity contribution in [3.63, 3.8) is 0 Å². The van der Waals surface area contributed by atoms with Gasteiger partial charge < -0.3 is 25.0 Å². The van der Waals surface area contributed by atoms with Crippen molar-refractivity contribution in [1.29, 1.82) is 0 Å². The first kappa shape index (κ1) is 18.7. The van der Waals surface area contributed by atoms with Gasteiger partial charge >= 0.3 is 6.03 Å². The third-order valence-corrected chi connectivity index (χ3v) is 4.67. The molecule has 1 aliphatic heterocycles. The zero-order chi connectivity index (χ0) is 18.6. The second-order valence-electron chi connectivity index (χ2n) is 7.07. The smallest absolute Gasteiger partial charge is 0.319 e. The molecule has 1 aromatic carbocycles. The number of aryl methyl sites for hydroxylation is 1. The molecule has 3 N–H and O–H groups in total. The molecule has 1 aromatic heterocycles. The lowest BCUT2D eigenvalue weighted by molar-refractivity contribution is -0.0205. The highest BCUT2D eigenvalue weighted by Crippen LogP contribution is 2.20. The number of aliphatic hydroxyl groups is 1. The highest BCUT2D eigenvalue weighted by Gasteiger charge is 2.25. The number of rotatable bonds is 6. The third kappa shape index (κ3) is 4.75. The van der Waals surface area contributed by atoms with Crippen molar-refractivity contribution in [3.8, 4) is 0 Å². The first-order valence-electron chi connectivity index (χ1n) is 9.13. The summed E-state index contributed by atoms with van der Waals surface area (Å²) in [6.07, 6.45) is 2.04. The second kappa shape index (κ2) is 8.07. The molecule has 142 valence electrons.